The van der Waals surface area contributed by atoms with Gasteiger partial charge in [-0.3, -0.25) is 9.20 Å². The van der Waals surface area contributed by atoms with Gasteiger partial charge in [-0.2, -0.15) is 0 Å². The Labute approximate surface area is 135 Å². The Bertz CT molecular complexity index is 761. The number of nitrogens with zero attached hydrogens (tertiary/aromatic N) is 3. The summed E-state index contributed by atoms with van der Waals surface area (Å²) in [5.41, 5.74) is 0.407. The lowest BCUT2D eigenvalue weighted by Crippen LogP contribution is -2.41. The lowest BCUT2D eigenvalue weighted by Gasteiger charge is -2.34. The van der Waals surface area contributed by atoms with Crippen LogP contribution in [0.2, 0.25) is 0 Å². The molecule has 3 heterocycles. The lowest BCUT2D eigenvalue weighted by atomic mass is 9.96. The van der Waals surface area contributed by atoms with Gasteiger partial charge in [0.25, 0.3) is 5.56 Å². The van der Waals surface area contributed by atoms with Crippen LogP contribution in [-0.2, 0) is 0 Å². The zero-order chi connectivity index (χ0) is 16.6. The minimum Gasteiger partial charge on any atom is -0.356 e. The molecule has 3 rings (SSSR count). The number of alkyl halides is 1. The van der Waals surface area contributed by atoms with E-state index in [1.54, 1.807) is 23.6 Å². The first kappa shape index (κ1) is 15.9. The number of anilines is 1. The van der Waals surface area contributed by atoms with Gasteiger partial charge in [0.2, 0.25) is 0 Å². The number of halogens is 1. The minimum atomic E-state index is -1.12. The molecule has 1 atom stereocenters. The fraction of sp³-hybridized carbons (Fsp3) is 0.529. The quantitative estimate of drug-likeness (QED) is 0.943. The van der Waals surface area contributed by atoms with Crippen LogP contribution in [0.4, 0.5) is 10.2 Å². The van der Waals surface area contributed by atoms with Crippen molar-refractivity contribution < 1.29 is 4.39 Å². The molecule has 2 aromatic rings. The van der Waals surface area contributed by atoms with Gasteiger partial charge in [-0.05, 0) is 39.8 Å². The van der Waals surface area contributed by atoms with Crippen molar-refractivity contribution in [3.8, 4) is 0 Å². The first-order valence-electron chi connectivity index (χ1n) is 8.05. The Morgan fingerprint density at radius 3 is 2.74 bits per heavy atom. The van der Waals surface area contributed by atoms with Crippen LogP contribution in [0.15, 0.2) is 29.2 Å². The van der Waals surface area contributed by atoms with Crippen LogP contribution in [0.1, 0.15) is 38.3 Å². The van der Waals surface area contributed by atoms with E-state index in [2.05, 4.69) is 5.32 Å². The van der Waals surface area contributed by atoms with Crippen molar-refractivity contribution in [1.82, 2.24) is 14.7 Å². The number of aromatic nitrogens is 2. The van der Waals surface area contributed by atoms with Gasteiger partial charge in [-0.1, -0.05) is 6.07 Å². The summed E-state index contributed by atoms with van der Waals surface area (Å²) in [5.74, 6) is 0.640. The van der Waals surface area contributed by atoms with Crippen LogP contribution in [-0.4, -0.2) is 35.2 Å². The van der Waals surface area contributed by atoms with E-state index >= 15 is 0 Å². The van der Waals surface area contributed by atoms with E-state index < -0.39 is 5.67 Å². The molecule has 0 saturated carbocycles. The number of fused-ring (bicyclic) bond motifs is 1. The molecule has 0 amide bonds. The van der Waals surface area contributed by atoms with E-state index in [-0.39, 0.29) is 11.6 Å². The van der Waals surface area contributed by atoms with Gasteiger partial charge in [-0.25, -0.2) is 9.37 Å². The standard InChI is InChI=1S/C17H23FN4O/c1-12(19-3)13-5-4-8-22-15(23)11-14(20-16(13)22)21-9-6-17(2,18)7-10-21/h4-5,8,11-12,19H,6-7,9-10H2,1-3H3. The monoisotopic (exact) mass is 318 g/mol. The first-order chi connectivity index (χ1) is 10.9. The van der Waals surface area contributed by atoms with Crippen LogP contribution in [0.3, 0.4) is 0 Å². The molecule has 1 aliphatic rings. The second kappa shape index (κ2) is 5.92. The predicted molar refractivity (Wildman–Crippen MR) is 89.9 cm³/mol. The SMILES string of the molecule is CNC(C)c1cccn2c(=O)cc(N3CCC(C)(F)CC3)nc12. The van der Waals surface area contributed by atoms with Crippen molar-refractivity contribution in [2.75, 3.05) is 25.0 Å². The smallest absolute Gasteiger partial charge is 0.259 e. The van der Waals surface area contributed by atoms with Crippen LogP contribution in [0, 0.1) is 0 Å². The molecule has 1 fully saturated rings. The highest BCUT2D eigenvalue weighted by Crippen LogP contribution is 2.28. The molecule has 124 valence electrons. The van der Waals surface area contributed by atoms with Crippen LogP contribution in [0.5, 0.6) is 0 Å². The summed E-state index contributed by atoms with van der Waals surface area (Å²) in [6.07, 6.45) is 2.65. The molecule has 0 bridgehead atoms. The number of hydrogen-bond acceptors (Lipinski definition) is 4. The van der Waals surface area contributed by atoms with Crippen LogP contribution < -0.4 is 15.8 Å². The number of pyridine rings is 1. The Hall–Kier alpha value is -1.95. The molecule has 0 spiro atoms. The zero-order valence-electron chi connectivity index (χ0n) is 13.8. The molecule has 0 aromatic carbocycles. The van der Waals surface area contributed by atoms with Gasteiger partial charge < -0.3 is 10.2 Å². The summed E-state index contributed by atoms with van der Waals surface area (Å²) in [5, 5.41) is 3.18. The van der Waals surface area contributed by atoms with Gasteiger partial charge in [0.05, 0.1) is 0 Å². The normalized spacial score (nSPS) is 19.0. The average Bonchev–Trinajstić information content (AvgIpc) is 2.53. The highest BCUT2D eigenvalue weighted by molar-refractivity contribution is 5.54. The number of rotatable bonds is 3. The molecule has 1 unspecified atom stereocenters. The molecule has 23 heavy (non-hydrogen) atoms. The third kappa shape index (κ3) is 3.08. The van der Waals surface area contributed by atoms with Crippen LogP contribution in [0.25, 0.3) is 5.65 Å². The summed E-state index contributed by atoms with van der Waals surface area (Å²) in [6, 6.07) is 5.46. The fourth-order valence-corrected chi connectivity index (χ4v) is 2.99. The van der Waals surface area contributed by atoms with E-state index in [9.17, 15) is 9.18 Å². The molecule has 5 nitrogen and oxygen atoms in total. The Balaban J connectivity index is 2.05. The van der Waals surface area contributed by atoms with Gasteiger partial charge >= 0.3 is 0 Å². The molecule has 1 saturated heterocycles. The molecule has 0 radical (unpaired) electrons. The Morgan fingerprint density at radius 2 is 2.09 bits per heavy atom. The summed E-state index contributed by atoms with van der Waals surface area (Å²) in [4.78, 5) is 19.1. The van der Waals surface area contributed by atoms with Crippen molar-refractivity contribution in [3.05, 3.63) is 40.3 Å². The summed E-state index contributed by atoms with van der Waals surface area (Å²) >= 11 is 0. The van der Waals surface area contributed by atoms with Crippen molar-refractivity contribution >= 4 is 11.5 Å². The average molecular weight is 318 g/mol. The van der Waals surface area contributed by atoms with E-state index in [0.717, 1.165) is 5.56 Å². The second-order valence-electron chi connectivity index (χ2n) is 6.52. The van der Waals surface area contributed by atoms with Crippen molar-refractivity contribution in [2.24, 2.45) is 0 Å². The van der Waals surface area contributed by atoms with Gasteiger partial charge in [-0.15, -0.1) is 0 Å². The Morgan fingerprint density at radius 1 is 1.39 bits per heavy atom. The largest absolute Gasteiger partial charge is 0.356 e. The maximum atomic E-state index is 14.0. The van der Waals surface area contributed by atoms with Crippen molar-refractivity contribution in [1.29, 1.82) is 0 Å². The molecule has 2 aromatic heterocycles. The number of hydrogen-bond donors (Lipinski definition) is 1. The zero-order valence-corrected chi connectivity index (χ0v) is 13.8. The molecule has 1 N–H and O–H groups in total. The fourth-order valence-electron chi connectivity index (χ4n) is 2.99. The van der Waals surface area contributed by atoms with Crippen LogP contribution >= 0.6 is 0 Å². The lowest BCUT2D eigenvalue weighted by molar-refractivity contribution is 0.149. The molecule has 6 heteroatoms. The third-order valence-corrected chi connectivity index (χ3v) is 4.74. The number of piperidine rings is 1. The van der Waals surface area contributed by atoms with E-state index in [1.807, 2.05) is 31.0 Å². The summed E-state index contributed by atoms with van der Waals surface area (Å²) < 4.78 is 15.6. The second-order valence-corrected chi connectivity index (χ2v) is 6.52. The topological polar surface area (TPSA) is 49.6 Å². The number of nitrogens with one attached hydrogen (secondary N) is 1. The molecule has 0 aliphatic carbocycles. The Kier molecular flexibility index (Phi) is 4.10. The van der Waals surface area contributed by atoms with E-state index in [4.69, 9.17) is 4.98 Å². The molecule has 1 aliphatic heterocycles. The highest BCUT2D eigenvalue weighted by Gasteiger charge is 2.30. The van der Waals surface area contributed by atoms with Crippen molar-refractivity contribution in [2.45, 2.75) is 38.4 Å². The summed E-state index contributed by atoms with van der Waals surface area (Å²) in [7, 11) is 1.88. The maximum Gasteiger partial charge on any atom is 0.259 e. The minimum absolute atomic E-state index is 0.0869. The molecular weight excluding hydrogens is 295 g/mol. The van der Waals surface area contributed by atoms with Gasteiger partial charge in [0.15, 0.2) is 0 Å². The van der Waals surface area contributed by atoms with E-state index in [1.165, 1.54) is 0 Å². The first-order valence-corrected chi connectivity index (χ1v) is 8.05. The predicted octanol–water partition coefficient (Wildman–Crippen LogP) is 2.30. The third-order valence-electron chi connectivity index (χ3n) is 4.74. The van der Waals surface area contributed by atoms with Crippen molar-refractivity contribution in [3.63, 3.8) is 0 Å². The van der Waals surface area contributed by atoms with Gasteiger partial charge in [0.1, 0.15) is 17.1 Å². The molecular formula is C17H23FN4O. The summed E-state index contributed by atoms with van der Waals surface area (Å²) in [6.45, 7) is 4.84. The van der Waals surface area contributed by atoms with E-state index in [0.29, 0.717) is 37.4 Å². The van der Waals surface area contributed by atoms with Gasteiger partial charge in [0, 0.05) is 37.0 Å². The maximum absolute atomic E-state index is 14.0. The highest BCUT2D eigenvalue weighted by atomic mass is 19.1.